The molecule has 0 saturated carbocycles. The number of nitrogens with one attached hydrogen (secondary N) is 3. The fourth-order valence-corrected chi connectivity index (χ4v) is 6.76. The first-order valence-electron chi connectivity index (χ1n) is 21.1. The Balaban J connectivity index is 0.757. The number of H-pyrrole nitrogens is 1. The molecule has 1 fully saturated rings. The molecule has 0 spiro atoms. The first kappa shape index (κ1) is 44.6. The summed E-state index contributed by atoms with van der Waals surface area (Å²) in [4.78, 5) is 63.7. The maximum Gasteiger partial charge on any atom is 0.254 e. The molecule has 0 bridgehead atoms. The highest BCUT2D eigenvalue weighted by Gasteiger charge is 2.22. The van der Waals surface area contributed by atoms with Crippen LogP contribution in [0.1, 0.15) is 35.2 Å². The van der Waals surface area contributed by atoms with E-state index in [1.165, 1.54) is 6.33 Å². The van der Waals surface area contributed by atoms with Crippen LogP contribution in [0.15, 0.2) is 55.6 Å². The third-order valence-corrected chi connectivity index (χ3v) is 10.1. The molecule has 1 aliphatic rings. The summed E-state index contributed by atoms with van der Waals surface area (Å²) in [5, 5.41) is 12.3. The average Bonchev–Trinajstić information content (AvgIpc) is 3.95. The zero-order valence-corrected chi connectivity index (χ0v) is 35.2. The van der Waals surface area contributed by atoms with Crippen LogP contribution in [0.25, 0.3) is 33.3 Å². The number of rotatable bonds is 25. The van der Waals surface area contributed by atoms with Gasteiger partial charge in [-0.15, -0.1) is 0 Å². The fourth-order valence-electron chi connectivity index (χ4n) is 6.76. The number of unbranched alkanes of at least 4 members (excludes halogenated alkanes) is 1. The second kappa shape index (κ2) is 23.1. The highest BCUT2D eigenvalue weighted by atomic mass is 16.6. The zero-order valence-electron chi connectivity index (χ0n) is 35.2. The molecule has 22 heteroatoms. The van der Waals surface area contributed by atoms with Crippen molar-refractivity contribution in [1.82, 2.24) is 60.3 Å². The number of piperazine rings is 1. The minimum absolute atomic E-state index is 0.123. The number of anilines is 3. The normalized spacial score (nSPS) is 13.0. The maximum atomic E-state index is 12.9. The summed E-state index contributed by atoms with van der Waals surface area (Å²) < 4.78 is 23.4. The highest BCUT2D eigenvalue weighted by molar-refractivity contribution is 5.99. The number of carbonyl (C=O) groups excluding carboxylic acids is 2. The van der Waals surface area contributed by atoms with Gasteiger partial charge in [0.1, 0.15) is 23.5 Å². The lowest BCUT2D eigenvalue weighted by molar-refractivity contribution is -0.122. The largest absolute Gasteiger partial charge is 0.383 e. The first-order chi connectivity index (χ1) is 31.0. The predicted octanol–water partition coefficient (Wildman–Crippen LogP) is 1.10. The smallest absolute Gasteiger partial charge is 0.254 e. The Morgan fingerprint density at radius 2 is 1.40 bits per heavy atom. The Kier molecular flexibility index (Phi) is 16.4. The Morgan fingerprint density at radius 3 is 2.08 bits per heavy atom. The minimum atomic E-state index is -0.238. The van der Waals surface area contributed by atoms with Crippen LogP contribution < -0.4 is 31.9 Å². The first-order valence-corrected chi connectivity index (χ1v) is 21.1. The number of nitrogens with two attached hydrogens (primary N) is 2. The lowest BCUT2D eigenvalue weighted by Gasteiger charge is -2.34. The van der Waals surface area contributed by atoms with E-state index in [0.29, 0.717) is 152 Å². The third-order valence-electron chi connectivity index (χ3n) is 10.1. The van der Waals surface area contributed by atoms with Crippen molar-refractivity contribution in [3.63, 3.8) is 0 Å². The van der Waals surface area contributed by atoms with Gasteiger partial charge in [-0.1, -0.05) is 0 Å². The monoisotopic (exact) mass is 866 g/mol. The number of pyridine rings is 1. The van der Waals surface area contributed by atoms with Gasteiger partial charge in [0, 0.05) is 112 Å². The van der Waals surface area contributed by atoms with Gasteiger partial charge in [0.05, 0.1) is 63.8 Å². The molecule has 22 nitrogen and oxygen atoms in total. The number of ether oxygens (including phenoxy) is 4. The van der Waals surface area contributed by atoms with Gasteiger partial charge in [0.15, 0.2) is 5.65 Å². The molecule has 7 heterocycles. The number of nitrogens with zero attached hydrogens (tertiary/aromatic N) is 11. The van der Waals surface area contributed by atoms with Crippen LogP contribution in [0.4, 0.5) is 17.7 Å². The van der Waals surface area contributed by atoms with Crippen LogP contribution in [0.2, 0.25) is 0 Å². The molecule has 334 valence electrons. The van der Waals surface area contributed by atoms with E-state index in [9.17, 15) is 9.59 Å². The van der Waals surface area contributed by atoms with Gasteiger partial charge < -0.3 is 55.8 Å². The number of fused-ring (bicyclic) bond motifs is 2. The summed E-state index contributed by atoms with van der Waals surface area (Å²) >= 11 is 0. The summed E-state index contributed by atoms with van der Waals surface area (Å²) in [6.45, 7) is 8.12. The van der Waals surface area contributed by atoms with Crippen LogP contribution in [-0.2, 0) is 36.8 Å². The number of hydrogen-bond acceptors (Lipinski definition) is 18. The van der Waals surface area contributed by atoms with E-state index in [4.69, 9.17) is 35.5 Å². The van der Waals surface area contributed by atoms with Crippen molar-refractivity contribution in [1.29, 1.82) is 0 Å². The number of nitrogen functional groups attached to an aromatic ring is 1. The molecule has 0 atom stereocenters. The molecular formula is C41H54N16O6. The van der Waals surface area contributed by atoms with Gasteiger partial charge in [-0.2, -0.15) is 5.10 Å². The van der Waals surface area contributed by atoms with Crippen molar-refractivity contribution in [3.05, 3.63) is 66.8 Å². The second-order valence-corrected chi connectivity index (χ2v) is 14.5. The van der Waals surface area contributed by atoms with E-state index < -0.39 is 0 Å². The quantitative estimate of drug-likeness (QED) is 0.0504. The Hall–Kier alpha value is -6.46. The molecule has 1 aliphatic heterocycles. The van der Waals surface area contributed by atoms with Crippen molar-refractivity contribution in [2.24, 2.45) is 5.73 Å². The molecule has 0 aliphatic carbocycles. The Labute approximate surface area is 363 Å². The van der Waals surface area contributed by atoms with E-state index in [1.807, 2.05) is 23.0 Å². The molecule has 7 rings (SSSR count). The number of hydrogen-bond donors (Lipinski definition) is 5. The van der Waals surface area contributed by atoms with Gasteiger partial charge in [0.25, 0.3) is 5.91 Å². The summed E-state index contributed by atoms with van der Waals surface area (Å²) in [6, 6.07) is 3.97. The molecule has 6 aromatic heterocycles. The zero-order chi connectivity index (χ0) is 43.6. The second-order valence-electron chi connectivity index (χ2n) is 14.5. The fraction of sp³-hybridized carbons (Fsp3) is 0.463. The van der Waals surface area contributed by atoms with E-state index in [-0.39, 0.29) is 18.2 Å². The molecular weight excluding hydrogens is 813 g/mol. The number of carbonyl (C=O) groups is 2. The van der Waals surface area contributed by atoms with Crippen molar-refractivity contribution in [3.8, 4) is 11.3 Å². The molecule has 63 heavy (non-hydrogen) atoms. The average molecular weight is 867 g/mol. The minimum Gasteiger partial charge on any atom is -0.383 e. The van der Waals surface area contributed by atoms with Crippen molar-refractivity contribution < 1.29 is 28.5 Å². The molecule has 7 N–H and O–H groups in total. The summed E-state index contributed by atoms with van der Waals surface area (Å²) in [5.41, 5.74) is 15.8. The van der Waals surface area contributed by atoms with E-state index in [0.717, 1.165) is 28.6 Å². The van der Waals surface area contributed by atoms with Crippen molar-refractivity contribution >= 4 is 51.6 Å². The van der Waals surface area contributed by atoms with Crippen LogP contribution in [0.3, 0.4) is 0 Å². The maximum absolute atomic E-state index is 12.9. The van der Waals surface area contributed by atoms with Gasteiger partial charge >= 0.3 is 0 Å². The van der Waals surface area contributed by atoms with Crippen LogP contribution in [0.5, 0.6) is 0 Å². The molecule has 6 aromatic rings. The van der Waals surface area contributed by atoms with Gasteiger partial charge in [-0.05, 0) is 25.0 Å². The van der Waals surface area contributed by atoms with E-state index >= 15 is 0 Å². The van der Waals surface area contributed by atoms with Crippen LogP contribution >= 0.6 is 0 Å². The standard InChI is InChI=1S/C41H54N16O6/c42-5-14-61-16-18-63-20-19-62-17-15-60-13-4-33(58)46-22-29-23-48-40(49-24-29)55-9-11-56(12-10-55)41-50-26-32(27-51-41)39(59)45-6-1-2-8-57-38-34(36(43)52-28-53-38)35(54-57)31-21-30-3-7-44-37(30)47-25-31/h3,7,21,23-28H,1-2,4-6,8-20,22,42H2,(H,44,47)(H,45,59)(H,46,58)(H2,43,52,53). The van der Waals surface area contributed by atoms with Crippen LogP contribution in [0, 0.1) is 0 Å². The Bertz CT molecular complexity index is 2350. The predicted molar refractivity (Wildman–Crippen MR) is 234 cm³/mol. The van der Waals surface area contributed by atoms with Crippen molar-refractivity contribution in [2.75, 3.05) is 108 Å². The Morgan fingerprint density at radius 1 is 0.746 bits per heavy atom. The SMILES string of the molecule is NCCOCCOCCOCCOCCC(=O)NCc1cnc(N2CCN(c3ncc(C(=O)NCCCCn4nc(-c5cnc6[nH]ccc6c5)c5c(N)ncnc54)cn3)CC2)nc1. The summed E-state index contributed by atoms with van der Waals surface area (Å²) in [6.07, 6.45) is 13.3. The molecule has 0 radical (unpaired) electrons. The van der Waals surface area contributed by atoms with Gasteiger partial charge in [0.2, 0.25) is 17.8 Å². The molecule has 0 unspecified atom stereocenters. The lowest BCUT2D eigenvalue weighted by Crippen LogP contribution is -2.47. The van der Waals surface area contributed by atoms with Gasteiger partial charge in [-0.3, -0.25) is 9.59 Å². The highest BCUT2D eigenvalue weighted by Crippen LogP contribution is 2.31. The topological polar surface area (TPSA) is 277 Å². The molecule has 0 aromatic carbocycles. The number of amides is 2. The number of aromatic amines is 1. The summed E-state index contributed by atoms with van der Waals surface area (Å²) in [7, 11) is 0. The van der Waals surface area contributed by atoms with E-state index in [2.05, 4.69) is 60.3 Å². The van der Waals surface area contributed by atoms with Crippen LogP contribution in [-0.4, -0.2) is 154 Å². The third kappa shape index (κ3) is 12.6. The lowest BCUT2D eigenvalue weighted by atomic mass is 10.1. The number of aryl methyl sites for hydroxylation is 1. The molecule has 1 saturated heterocycles. The van der Waals surface area contributed by atoms with Gasteiger partial charge in [-0.25, -0.2) is 39.6 Å². The van der Waals surface area contributed by atoms with E-state index in [1.54, 1.807) is 31.0 Å². The van der Waals surface area contributed by atoms with Crippen molar-refractivity contribution in [2.45, 2.75) is 32.4 Å². The number of aromatic nitrogens is 10. The molecule has 2 amide bonds. The summed E-state index contributed by atoms with van der Waals surface area (Å²) in [5.74, 6) is 1.16.